The van der Waals surface area contributed by atoms with Crippen molar-refractivity contribution in [2.45, 2.75) is 5.54 Å². The third-order valence-corrected chi connectivity index (χ3v) is 4.08. The summed E-state index contributed by atoms with van der Waals surface area (Å²) in [5.74, 6) is -1.50. The van der Waals surface area contributed by atoms with E-state index in [-0.39, 0.29) is 5.56 Å². The van der Waals surface area contributed by atoms with Crippen LogP contribution in [0.15, 0.2) is 84.0 Å². The predicted octanol–water partition coefficient (Wildman–Crippen LogP) is 5.40. The van der Waals surface area contributed by atoms with Crippen molar-refractivity contribution in [2.24, 2.45) is 5.11 Å². The maximum Gasteiger partial charge on any atom is 0.183 e. The van der Waals surface area contributed by atoms with Crippen LogP contribution in [0.5, 0.6) is 0 Å². The molecule has 4 nitrogen and oxygen atoms in total. The number of azide groups is 1. The maximum absolute atomic E-state index is 13.4. The van der Waals surface area contributed by atoms with Gasteiger partial charge in [-0.25, -0.2) is 8.78 Å². The van der Waals surface area contributed by atoms with Crippen molar-refractivity contribution in [3.8, 4) is 0 Å². The average molecular weight is 349 g/mol. The van der Waals surface area contributed by atoms with Gasteiger partial charge < -0.3 is 0 Å². The molecule has 0 aliphatic rings. The van der Waals surface area contributed by atoms with E-state index < -0.39 is 23.0 Å². The minimum atomic E-state index is -1.73. The van der Waals surface area contributed by atoms with Crippen molar-refractivity contribution in [2.75, 3.05) is 0 Å². The molecule has 3 aromatic rings. The molecule has 26 heavy (non-hydrogen) atoms. The van der Waals surface area contributed by atoms with Crippen LogP contribution in [-0.2, 0) is 5.54 Å². The lowest BCUT2D eigenvalue weighted by Crippen LogP contribution is -2.35. The molecule has 0 aromatic heterocycles. The van der Waals surface area contributed by atoms with Crippen LogP contribution in [-0.4, -0.2) is 5.78 Å². The van der Waals surface area contributed by atoms with Crippen LogP contribution < -0.4 is 0 Å². The number of rotatable bonds is 5. The molecule has 0 heterocycles. The molecule has 0 saturated heterocycles. The van der Waals surface area contributed by atoms with Crippen molar-refractivity contribution in [1.82, 2.24) is 0 Å². The topological polar surface area (TPSA) is 65.8 Å². The Balaban J connectivity index is 2.30. The Bertz CT molecular complexity index is 966. The van der Waals surface area contributed by atoms with Gasteiger partial charge in [0.1, 0.15) is 11.6 Å². The van der Waals surface area contributed by atoms with Gasteiger partial charge in [-0.1, -0.05) is 47.6 Å². The number of halogens is 2. The zero-order valence-corrected chi connectivity index (χ0v) is 13.5. The van der Waals surface area contributed by atoms with Crippen LogP contribution >= 0.6 is 0 Å². The van der Waals surface area contributed by atoms with E-state index in [1.165, 1.54) is 36.4 Å². The van der Waals surface area contributed by atoms with Gasteiger partial charge in [0.2, 0.25) is 0 Å². The highest BCUT2D eigenvalue weighted by molar-refractivity contribution is 6.06. The number of ketones is 1. The van der Waals surface area contributed by atoms with Gasteiger partial charge in [0, 0.05) is 10.5 Å². The first-order valence-electron chi connectivity index (χ1n) is 7.76. The molecule has 0 amide bonds. The van der Waals surface area contributed by atoms with Gasteiger partial charge in [0.05, 0.1) is 0 Å². The van der Waals surface area contributed by atoms with E-state index in [1.54, 1.807) is 30.3 Å². The minimum Gasteiger partial charge on any atom is -0.293 e. The Labute approximate surface area is 148 Å². The normalized spacial score (nSPS) is 12.7. The number of hydrogen-bond acceptors (Lipinski definition) is 2. The molecule has 0 fully saturated rings. The van der Waals surface area contributed by atoms with Crippen molar-refractivity contribution in [3.05, 3.63) is 118 Å². The first kappa shape index (κ1) is 17.3. The van der Waals surface area contributed by atoms with Crippen LogP contribution in [0.25, 0.3) is 10.4 Å². The number of nitrogens with zero attached hydrogens (tertiary/aromatic N) is 3. The number of carbonyl (C=O) groups excluding carboxylic acids is 1. The third kappa shape index (κ3) is 3.06. The maximum atomic E-state index is 13.4. The van der Waals surface area contributed by atoms with E-state index in [2.05, 4.69) is 10.0 Å². The fourth-order valence-corrected chi connectivity index (χ4v) is 2.84. The van der Waals surface area contributed by atoms with Gasteiger partial charge in [-0.05, 0) is 53.1 Å². The Morgan fingerprint density at radius 2 is 1.31 bits per heavy atom. The summed E-state index contributed by atoms with van der Waals surface area (Å²) in [4.78, 5) is 16.3. The van der Waals surface area contributed by atoms with Gasteiger partial charge in [-0.3, -0.25) is 4.79 Å². The lowest BCUT2D eigenvalue weighted by Gasteiger charge is -2.28. The zero-order valence-electron chi connectivity index (χ0n) is 13.5. The monoisotopic (exact) mass is 349 g/mol. The molecular weight excluding hydrogens is 336 g/mol. The number of carbonyl (C=O) groups is 1. The standard InChI is InChI=1S/C20H13F2N3O/c21-17-10-6-14(7-11-17)19(26)20(24-25-23,15-4-2-1-3-5-15)16-8-12-18(22)13-9-16/h1-13H. The second-order valence-electron chi connectivity index (χ2n) is 5.61. The predicted molar refractivity (Wildman–Crippen MR) is 93.5 cm³/mol. The molecule has 0 saturated carbocycles. The molecular formula is C20H13F2N3O. The van der Waals surface area contributed by atoms with Crippen molar-refractivity contribution in [1.29, 1.82) is 0 Å². The van der Waals surface area contributed by atoms with Crippen LogP contribution in [0.4, 0.5) is 8.78 Å². The molecule has 0 aliphatic heterocycles. The lowest BCUT2D eigenvalue weighted by atomic mass is 9.77. The van der Waals surface area contributed by atoms with Crippen LogP contribution in [0.2, 0.25) is 0 Å². The Hall–Kier alpha value is -3.50. The molecule has 128 valence electrons. The van der Waals surface area contributed by atoms with Crippen molar-refractivity contribution >= 4 is 5.78 Å². The van der Waals surface area contributed by atoms with Gasteiger partial charge in [0.25, 0.3) is 0 Å². The van der Waals surface area contributed by atoms with Crippen LogP contribution in [0.1, 0.15) is 21.5 Å². The van der Waals surface area contributed by atoms with E-state index >= 15 is 0 Å². The highest BCUT2D eigenvalue weighted by atomic mass is 19.1. The summed E-state index contributed by atoms with van der Waals surface area (Å²) in [5, 5.41) is 3.84. The first-order valence-corrected chi connectivity index (χ1v) is 7.76. The quantitative estimate of drug-likeness (QED) is 0.263. The zero-order chi connectivity index (χ0) is 18.6. The molecule has 0 bridgehead atoms. The molecule has 0 radical (unpaired) electrons. The summed E-state index contributed by atoms with van der Waals surface area (Å²) in [7, 11) is 0. The van der Waals surface area contributed by atoms with Crippen molar-refractivity contribution < 1.29 is 13.6 Å². The first-order chi connectivity index (χ1) is 12.6. The number of hydrogen-bond donors (Lipinski definition) is 0. The molecule has 0 aliphatic carbocycles. The third-order valence-electron chi connectivity index (χ3n) is 4.08. The van der Waals surface area contributed by atoms with Gasteiger partial charge >= 0.3 is 0 Å². The molecule has 6 heteroatoms. The van der Waals surface area contributed by atoms with Gasteiger partial charge in [-0.2, -0.15) is 0 Å². The Kier molecular flexibility index (Phi) is 4.78. The van der Waals surface area contributed by atoms with E-state index in [1.807, 2.05) is 0 Å². The Morgan fingerprint density at radius 3 is 1.85 bits per heavy atom. The fraction of sp³-hybridized carbons (Fsp3) is 0.0500. The van der Waals surface area contributed by atoms with Crippen LogP contribution in [0, 0.1) is 11.6 Å². The molecule has 0 spiro atoms. The van der Waals surface area contributed by atoms with E-state index in [0.29, 0.717) is 11.1 Å². The molecule has 1 atom stereocenters. The second-order valence-corrected chi connectivity index (χ2v) is 5.61. The van der Waals surface area contributed by atoms with E-state index in [0.717, 1.165) is 12.1 Å². The SMILES string of the molecule is [N-]=[N+]=NC(C(=O)c1ccc(F)cc1)(c1ccccc1)c1ccc(F)cc1. The summed E-state index contributed by atoms with van der Waals surface area (Å²) in [6, 6.07) is 18.6. The van der Waals surface area contributed by atoms with Crippen molar-refractivity contribution in [3.63, 3.8) is 0 Å². The fourth-order valence-electron chi connectivity index (χ4n) is 2.84. The van der Waals surface area contributed by atoms with E-state index in [9.17, 15) is 19.1 Å². The largest absolute Gasteiger partial charge is 0.293 e. The molecule has 0 N–H and O–H groups in total. The Morgan fingerprint density at radius 1 is 0.808 bits per heavy atom. The molecule has 3 aromatic carbocycles. The van der Waals surface area contributed by atoms with Gasteiger partial charge in [-0.15, -0.1) is 0 Å². The molecule has 3 rings (SSSR count). The van der Waals surface area contributed by atoms with Crippen LogP contribution in [0.3, 0.4) is 0 Å². The summed E-state index contributed by atoms with van der Waals surface area (Å²) in [5.41, 5.74) is 8.38. The lowest BCUT2D eigenvalue weighted by molar-refractivity contribution is 0.0915. The van der Waals surface area contributed by atoms with Gasteiger partial charge in [0.15, 0.2) is 11.3 Å². The minimum absolute atomic E-state index is 0.173. The highest BCUT2D eigenvalue weighted by Gasteiger charge is 2.42. The average Bonchev–Trinajstić information content (AvgIpc) is 2.68. The highest BCUT2D eigenvalue weighted by Crippen LogP contribution is 2.37. The molecule has 1 unspecified atom stereocenters. The smallest absolute Gasteiger partial charge is 0.183 e. The summed E-state index contributed by atoms with van der Waals surface area (Å²) in [6.45, 7) is 0. The number of benzene rings is 3. The van der Waals surface area contributed by atoms with E-state index in [4.69, 9.17) is 0 Å². The second kappa shape index (κ2) is 7.17. The summed E-state index contributed by atoms with van der Waals surface area (Å²) in [6.07, 6.45) is 0. The number of Topliss-reactive ketones (excluding diaryl/α,β-unsaturated/α-hetero) is 1. The summed E-state index contributed by atoms with van der Waals surface area (Å²) >= 11 is 0. The summed E-state index contributed by atoms with van der Waals surface area (Å²) < 4.78 is 26.7.